The molecule has 0 aromatic heterocycles. The van der Waals surface area contributed by atoms with E-state index in [0.717, 1.165) is 12.1 Å². The van der Waals surface area contributed by atoms with Crippen LogP contribution in [-0.4, -0.2) is 17.7 Å². The minimum atomic E-state index is -4.74. The van der Waals surface area contributed by atoms with Crippen LogP contribution in [0.3, 0.4) is 0 Å². The van der Waals surface area contributed by atoms with Crippen molar-refractivity contribution in [1.29, 1.82) is 0 Å². The number of carbonyl (C=O) groups excluding carboxylic acids is 2. The van der Waals surface area contributed by atoms with Gasteiger partial charge in [0.1, 0.15) is 5.82 Å². The molecule has 1 aliphatic rings. The van der Waals surface area contributed by atoms with Crippen molar-refractivity contribution < 1.29 is 27.2 Å². The van der Waals surface area contributed by atoms with E-state index in [2.05, 4.69) is 16.0 Å². The van der Waals surface area contributed by atoms with Crippen LogP contribution in [0.5, 0.6) is 0 Å². The number of hydrogen-bond donors (Lipinski definition) is 3. The molecule has 0 fully saturated rings. The lowest BCUT2D eigenvalue weighted by molar-refractivity contribution is -0.137. The third-order valence-electron chi connectivity index (χ3n) is 4.22. The monoisotopic (exact) mass is 427 g/mol. The molecule has 0 saturated carbocycles. The van der Waals surface area contributed by atoms with E-state index in [1.54, 1.807) is 6.07 Å². The van der Waals surface area contributed by atoms with Gasteiger partial charge in [0.2, 0.25) is 5.91 Å². The fourth-order valence-electron chi connectivity index (χ4n) is 3.02. The van der Waals surface area contributed by atoms with Crippen molar-refractivity contribution in [3.63, 3.8) is 0 Å². The molecule has 3 rings (SSSR count). The second kappa shape index (κ2) is 8.32. The highest BCUT2D eigenvalue weighted by Crippen LogP contribution is 2.39. The molecule has 29 heavy (non-hydrogen) atoms. The summed E-state index contributed by atoms with van der Waals surface area (Å²) in [7, 11) is 0. The Labute approximate surface area is 168 Å². The number of hydrogen-bond acceptors (Lipinski definition) is 3. The SMILES string of the molecule is CC(=O)Nc1ccc(NC(=O)NC2CCSc3c(F)cccc32)c(C(F)(F)F)c1. The Kier molecular flexibility index (Phi) is 6.02. The minimum absolute atomic E-state index is 0.0375. The summed E-state index contributed by atoms with van der Waals surface area (Å²) in [5, 5.41) is 7.09. The number of thioether (sulfide) groups is 1. The Morgan fingerprint density at radius 1 is 1.14 bits per heavy atom. The summed E-state index contributed by atoms with van der Waals surface area (Å²) in [6.07, 6.45) is -4.23. The highest BCUT2D eigenvalue weighted by Gasteiger charge is 2.34. The van der Waals surface area contributed by atoms with Gasteiger partial charge in [0, 0.05) is 23.3 Å². The van der Waals surface area contributed by atoms with E-state index in [9.17, 15) is 27.2 Å². The number of benzene rings is 2. The molecule has 1 heterocycles. The van der Waals surface area contributed by atoms with Gasteiger partial charge in [0.15, 0.2) is 0 Å². The van der Waals surface area contributed by atoms with Crippen molar-refractivity contribution in [1.82, 2.24) is 5.32 Å². The number of fused-ring (bicyclic) bond motifs is 1. The van der Waals surface area contributed by atoms with Gasteiger partial charge in [0.25, 0.3) is 0 Å². The van der Waals surface area contributed by atoms with Gasteiger partial charge in [-0.25, -0.2) is 9.18 Å². The summed E-state index contributed by atoms with van der Waals surface area (Å²) in [5.41, 5.74) is -0.990. The fraction of sp³-hybridized carbons (Fsp3) is 0.263. The van der Waals surface area contributed by atoms with Gasteiger partial charge < -0.3 is 16.0 Å². The van der Waals surface area contributed by atoms with E-state index in [0.29, 0.717) is 22.6 Å². The lowest BCUT2D eigenvalue weighted by Gasteiger charge is -2.26. The maximum atomic E-state index is 13.9. The Bertz CT molecular complexity index is 950. The van der Waals surface area contributed by atoms with Gasteiger partial charge in [-0.3, -0.25) is 4.79 Å². The predicted octanol–water partition coefficient (Wildman–Crippen LogP) is 5.16. The zero-order valence-corrected chi connectivity index (χ0v) is 16.0. The van der Waals surface area contributed by atoms with Crippen LogP contribution in [0.15, 0.2) is 41.3 Å². The Balaban J connectivity index is 1.79. The van der Waals surface area contributed by atoms with E-state index in [4.69, 9.17) is 0 Å². The van der Waals surface area contributed by atoms with Crippen LogP contribution in [0.1, 0.15) is 30.5 Å². The summed E-state index contributed by atoms with van der Waals surface area (Å²) >= 11 is 1.33. The number of carbonyl (C=O) groups is 2. The number of urea groups is 1. The van der Waals surface area contributed by atoms with Crippen molar-refractivity contribution in [2.24, 2.45) is 0 Å². The minimum Gasteiger partial charge on any atom is -0.331 e. The quantitative estimate of drug-likeness (QED) is 0.593. The average molecular weight is 427 g/mol. The molecule has 10 heteroatoms. The zero-order valence-electron chi connectivity index (χ0n) is 15.2. The Morgan fingerprint density at radius 3 is 2.59 bits per heavy atom. The van der Waals surface area contributed by atoms with Gasteiger partial charge in [-0.1, -0.05) is 12.1 Å². The highest BCUT2D eigenvalue weighted by atomic mass is 32.2. The summed E-state index contributed by atoms with van der Waals surface area (Å²) in [5.74, 6) is -0.345. The number of nitrogens with one attached hydrogen (secondary N) is 3. The van der Waals surface area contributed by atoms with Crippen LogP contribution in [-0.2, 0) is 11.0 Å². The normalized spacial score (nSPS) is 16.0. The molecule has 0 bridgehead atoms. The number of alkyl halides is 3. The largest absolute Gasteiger partial charge is 0.418 e. The topological polar surface area (TPSA) is 70.2 Å². The molecule has 1 atom stereocenters. The van der Waals surface area contributed by atoms with E-state index in [1.807, 2.05) is 0 Å². The van der Waals surface area contributed by atoms with E-state index in [-0.39, 0.29) is 5.69 Å². The van der Waals surface area contributed by atoms with Crippen LogP contribution in [0, 0.1) is 5.82 Å². The number of halogens is 4. The molecule has 2 aromatic carbocycles. The molecule has 2 aromatic rings. The summed E-state index contributed by atoms with van der Waals surface area (Å²) in [6.45, 7) is 1.18. The molecule has 0 radical (unpaired) electrons. The number of rotatable bonds is 3. The molecule has 0 aliphatic carbocycles. The van der Waals surface area contributed by atoms with Crippen molar-refractivity contribution in [3.05, 3.63) is 53.3 Å². The first-order valence-electron chi connectivity index (χ1n) is 8.62. The average Bonchev–Trinajstić information content (AvgIpc) is 2.62. The fourth-order valence-corrected chi connectivity index (χ4v) is 4.16. The Hall–Kier alpha value is -2.75. The van der Waals surface area contributed by atoms with Crippen LogP contribution < -0.4 is 16.0 Å². The van der Waals surface area contributed by atoms with Crippen molar-refractivity contribution >= 4 is 35.1 Å². The molecule has 1 aliphatic heterocycles. The standard InChI is InChI=1S/C19H17F4N3O2S/c1-10(27)24-11-5-6-16(13(9-11)19(21,22)23)26-18(28)25-15-7-8-29-17-12(15)3-2-4-14(17)20/h2-6,9,15H,7-8H2,1H3,(H,24,27)(H2,25,26,28). The Morgan fingerprint density at radius 2 is 1.90 bits per heavy atom. The highest BCUT2D eigenvalue weighted by molar-refractivity contribution is 7.99. The van der Waals surface area contributed by atoms with Gasteiger partial charge in [-0.2, -0.15) is 13.2 Å². The van der Waals surface area contributed by atoms with Crippen LogP contribution in [0.25, 0.3) is 0 Å². The van der Waals surface area contributed by atoms with Gasteiger partial charge in [0.05, 0.1) is 17.3 Å². The maximum Gasteiger partial charge on any atom is 0.418 e. The predicted molar refractivity (Wildman–Crippen MR) is 102 cm³/mol. The van der Waals surface area contributed by atoms with Crippen LogP contribution in [0.2, 0.25) is 0 Å². The summed E-state index contributed by atoms with van der Waals surface area (Å²) < 4.78 is 54.1. The van der Waals surface area contributed by atoms with Gasteiger partial charge in [-0.05, 0) is 36.2 Å². The van der Waals surface area contributed by atoms with Crippen molar-refractivity contribution in [2.45, 2.75) is 30.5 Å². The molecule has 5 nitrogen and oxygen atoms in total. The van der Waals surface area contributed by atoms with E-state index >= 15 is 0 Å². The summed E-state index contributed by atoms with van der Waals surface area (Å²) in [6, 6.07) is 6.24. The number of amides is 3. The molecule has 3 N–H and O–H groups in total. The zero-order chi connectivity index (χ0) is 21.2. The first-order chi connectivity index (χ1) is 13.6. The first-order valence-corrected chi connectivity index (χ1v) is 9.61. The van der Waals surface area contributed by atoms with Crippen molar-refractivity contribution in [2.75, 3.05) is 16.4 Å². The molecule has 1 unspecified atom stereocenters. The van der Waals surface area contributed by atoms with Crippen molar-refractivity contribution in [3.8, 4) is 0 Å². The molecule has 0 spiro atoms. The summed E-state index contributed by atoms with van der Waals surface area (Å²) in [4.78, 5) is 23.9. The van der Waals surface area contributed by atoms with Gasteiger partial charge in [-0.15, -0.1) is 11.8 Å². The molecule has 3 amide bonds. The smallest absolute Gasteiger partial charge is 0.331 e. The lowest BCUT2D eigenvalue weighted by Crippen LogP contribution is -2.34. The third kappa shape index (κ3) is 5.00. The first kappa shape index (κ1) is 21.0. The second-order valence-electron chi connectivity index (χ2n) is 6.39. The molecular formula is C19H17F4N3O2S. The van der Waals surface area contributed by atoms with Crippen LogP contribution in [0.4, 0.5) is 33.7 Å². The third-order valence-corrected chi connectivity index (χ3v) is 5.38. The number of anilines is 2. The van der Waals surface area contributed by atoms with Gasteiger partial charge >= 0.3 is 12.2 Å². The van der Waals surface area contributed by atoms with E-state index < -0.39 is 41.2 Å². The maximum absolute atomic E-state index is 13.9. The second-order valence-corrected chi connectivity index (χ2v) is 7.49. The van der Waals surface area contributed by atoms with E-state index in [1.165, 1.54) is 36.9 Å². The molecular weight excluding hydrogens is 410 g/mol. The molecule has 0 saturated heterocycles. The lowest BCUT2D eigenvalue weighted by atomic mass is 10.0. The van der Waals surface area contributed by atoms with Crippen LogP contribution >= 0.6 is 11.8 Å². The molecule has 154 valence electrons.